The maximum atomic E-state index is 13.2. The van der Waals surface area contributed by atoms with Crippen LogP contribution in [-0.4, -0.2) is 38.8 Å². The molecule has 1 N–H and O–H groups in total. The van der Waals surface area contributed by atoms with Crippen molar-refractivity contribution in [2.45, 2.75) is 24.5 Å². The first-order chi connectivity index (χ1) is 16.9. The van der Waals surface area contributed by atoms with Crippen molar-refractivity contribution < 1.29 is 35.5 Å². The van der Waals surface area contributed by atoms with Crippen molar-refractivity contribution in [1.29, 1.82) is 0 Å². The molecule has 11 heteroatoms. The molecule has 3 aromatic carbocycles. The van der Waals surface area contributed by atoms with E-state index in [1.807, 2.05) is 0 Å². The lowest BCUT2D eigenvalue weighted by Crippen LogP contribution is -2.40. The highest BCUT2D eigenvalue weighted by Gasteiger charge is 2.30. The SMILES string of the molecule is CCN(CC(=O)NCc1cc(OC)cc(-c2ccc(C(F)(F)F)cc2)c1)S(=O)(=O)c1ccc(F)cc1. The van der Waals surface area contributed by atoms with Crippen LogP contribution in [0.3, 0.4) is 0 Å². The topological polar surface area (TPSA) is 75.7 Å². The Hall–Kier alpha value is -3.44. The van der Waals surface area contributed by atoms with Crippen molar-refractivity contribution in [1.82, 2.24) is 9.62 Å². The largest absolute Gasteiger partial charge is 0.497 e. The second-order valence-electron chi connectivity index (χ2n) is 7.81. The average molecular weight is 525 g/mol. The Morgan fingerprint density at radius 1 is 0.972 bits per heavy atom. The van der Waals surface area contributed by atoms with Gasteiger partial charge in [-0.3, -0.25) is 4.79 Å². The van der Waals surface area contributed by atoms with Gasteiger partial charge in [0.25, 0.3) is 0 Å². The van der Waals surface area contributed by atoms with Crippen LogP contribution >= 0.6 is 0 Å². The molecule has 3 rings (SSSR count). The monoisotopic (exact) mass is 524 g/mol. The number of likely N-dealkylation sites (N-methyl/N-ethyl adjacent to an activating group) is 1. The molecule has 0 bridgehead atoms. The van der Waals surface area contributed by atoms with Crippen LogP contribution in [-0.2, 0) is 27.5 Å². The minimum absolute atomic E-state index is 0.0182. The number of carbonyl (C=O) groups is 1. The van der Waals surface area contributed by atoms with Gasteiger partial charge in [0.1, 0.15) is 11.6 Å². The number of carbonyl (C=O) groups excluding carboxylic acids is 1. The van der Waals surface area contributed by atoms with E-state index >= 15 is 0 Å². The van der Waals surface area contributed by atoms with E-state index in [2.05, 4.69) is 5.32 Å². The highest BCUT2D eigenvalue weighted by molar-refractivity contribution is 7.89. The summed E-state index contributed by atoms with van der Waals surface area (Å²) in [6, 6.07) is 14.0. The van der Waals surface area contributed by atoms with Gasteiger partial charge in [0.05, 0.1) is 24.1 Å². The molecule has 192 valence electrons. The van der Waals surface area contributed by atoms with Crippen LogP contribution in [0.5, 0.6) is 5.75 Å². The van der Waals surface area contributed by atoms with E-state index in [0.29, 0.717) is 22.4 Å². The van der Waals surface area contributed by atoms with Crippen LogP contribution in [0, 0.1) is 5.82 Å². The standard InChI is InChI=1S/C25H24F4N2O4S/c1-3-31(36(33,34)23-10-8-21(26)9-11-23)16-24(32)30-15-17-12-19(14-22(13-17)35-2)18-4-6-20(7-5-18)25(27,28)29/h4-14H,3,15-16H2,1-2H3,(H,30,32). The molecule has 0 aromatic heterocycles. The van der Waals surface area contributed by atoms with Gasteiger partial charge in [-0.25, -0.2) is 12.8 Å². The van der Waals surface area contributed by atoms with E-state index in [4.69, 9.17) is 4.74 Å². The van der Waals surface area contributed by atoms with Crippen LogP contribution in [0.2, 0.25) is 0 Å². The van der Waals surface area contributed by atoms with Crippen LogP contribution in [0.25, 0.3) is 11.1 Å². The van der Waals surface area contributed by atoms with Gasteiger partial charge >= 0.3 is 6.18 Å². The third-order valence-corrected chi connectivity index (χ3v) is 7.30. The van der Waals surface area contributed by atoms with E-state index in [1.54, 1.807) is 25.1 Å². The summed E-state index contributed by atoms with van der Waals surface area (Å²) in [5.74, 6) is -0.712. The maximum Gasteiger partial charge on any atom is 0.416 e. The Labute approximate surface area is 206 Å². The summed E-state index contributed by atoms with van der Waals surface area (Å²) in [5.41, 5.74) is 0.943. The molecular weight excluding hydrogens is 500 g/mol. The van der Waals surface area contributed by atoms with Crippen molar-refractivity contribution in [3.05, 3.63) is 83.7 Å². The fourth-order valence-electron chi connectivity index (χ4n) is 3.44. The molecule has 0 heterocycles. The third kappa shape index (κ3) is 6.61. The lowest BCUT2D eigenvalue weighted by Gasteiger charge is -2.20. The number of alkyl halides is 3. The number of halogens is 4. The summed E-state index contributed by atoms with van der Waals surface area (Å²) >= 11 is 0. The lowest BCUT2D eigenvalue weighted by molar-refractivity contribution is -0.137. The van der Waals surface area contributed by atoms with Crippen LogP contribution < -0.4 is 10.1 Å². The minimum Gasteiger partial charge on any atom is -0.497 e. The summed E-state index contributed by atoms with van der Waals surface area (Å²) in [6.07, 6.45) is -4.45. The van der Waals surface area contributed by atoms with Crippen molar-refractivity contribution in [2.75, 3.05) is 20.2 Å². The van der Waals surface area contributed by atoms with Gasteiger partial charge in [-0.15, -0.1) is 0 Å². The molecule has 36 heavy (non-hydrogen) atoms. The van der Waals surface area contributed by atoms with E-state index in [9.17, 15) is 30.8 Å². The second-order valence-corrected chi connectivity index (χ2v) is 9.74. The van der Waals surface area contributed by atoms with Crippen LogP contribution in [0.1, 0.15) is 18.1 Å². The van der Waals surface area contributed by atoms with Crippen molar-refractivity contribution in [3.8, 4) is 16.9 Å². The number of amides is 1. The minimum atomic E-state index is -4.45. The Balaban J connectivity index is 1.72. The molecule has 0 saturated heterocycles. The van der Waals surface area contributed by atoms with Gasteiger partial charge in [-0.05, 0) is 71.3 Å². The number of ether oxygens (including phenoxy) is 1. The normalized spacial score (nSPS) is 12.0. The molecule has 0 saturated carbocycles. The van der Waals surface area contributed by atoms with Crippen LogP contribution in [0.15, 0.2) is 71.6 Å². The second kappa shape index (κ2) is 11.1. The first-order valence-electron chi connectivity index (χ1n) is 10.8. The van der Waals surface area contributed by atoms with Crippen molar-refractivity contribution in [2.24, 2.45) is 0 Å². The van der Waals surface area contributed by atoms with E-state index in [-0.39, 0.29) is 18.0 Å². The fourth-order valence-corrected chi connectivity index (χ4v) is 4.84. The predicted molar refractivity (Wildman–Crippen MR) is 126 cm³/mol. The van der Waals surface area contributed by atoms with Gasteiger partial charge in [-0.2, -0.15) is 17.5 Å². The number of hydrogen-bond acceptors (Lipinski definition) is 4. The lowest BCUT2D eigenvalue weighted by atomic mass is 10.0. The molecule has 6 nitrogen and oxygen atoms in total. The van der Waals surface area contributed by atoms with Gasteiger partial charge in [0, 0.05) is 13.1 Å². The first kappa shape index (κ1) is 27.2. The Morgan fingerprint density at radius 2 is 1.61 bits per heavy atom. The molecule has 0 radical (unpaired) electrons. The Morgan fingerprint density at radius 3 is 2.17 bits per heavy atom. The smallest absolute Gasteiger partial charge is 0.416 e. The number of hydrogen-bond donors (Lipinski definition) is 1. The molecule has 0 aliphatic carbocycles. The molecule has 0 fully saturated rings. The van der Waals surface area contributed by atoms with Gasteiger partial charge < -0.3 is 10.1 Å². The van der Waals surface area contributed by atoms with Crippen LogP contribution in [0.4, 0.5) is 17.6 Å². The van der Waals surface area contributed by atoms with Gasteiger partial charge in [0.15, 0.2) is 0 Å². The highest BCUT2D eigenvalue weighted by atomic mass is 32.2. The van der Waals surface area contributed by atoms with Crippen molar-refractivity contribution >= 4 is 15.9 Å². The maximum absolute atomic E-state index is 13.2. The summed E-state index contributed by atoms with van der Waals surface area (Å²) < 4.78 is 83.6. The molecule has 0 spiro atoms. The van der Waals surface area contributed by atoms with Gasteiger partial charge in [-0.1, -0.05) is 19.1 Å². The highest BCUT2D eigenvalue weighted by Crippen LogP contribution is 2.32. The number of nitrogens with one attached hydrogen (secondary N) is 1. The number of nitrogens with zero attached hydrogens (tertiary/aromatic N) is 1. The summed E-state index contributed by atoms with van der Waals surface area (Å²) in [4.78, 5) is 12.4. The summed E-state index contributed by atoms with van der Waals surface area (Å²) in [7, 11) is -2.57. The fraction of sp³-hybridized carbons (Fsp3) is 0.240. The Kier molecular flexibility index (Phi) is 8.36. The predicted octanol–water partition coefficient (Wildman–Crippen LogP) is 4.85. The molecule has 1 amide bonds. The van der Waals surface area contributed by atoms with E-state index < -0.39 is 40.0 Å². The average Bonchev–Trinajstić information content (AvgIpc) is 2.85. The number of benzene rings is 3. The number of methoxy groups -OCH3 is 1. The zero-order valence-electron chi connectivity index (χ0n) is 19.5. The Bertz CT molecular complexity index is 1310. The molecule has 0 atom stereocenters. The molecule has 0 aliphatic rings. The van der Waals surface area contributed by atoms with E-state index in [1.165, 1.54) is 19.2 Å². The molecule has 0 aliphatic heterocycles. The molecular formula is C25H24F4N2O4S. The summed E-state index contributed by atoms with van der Waals surface area (Å²) in [5, 5.41) is 2.65. The molecule has 0 unspecified atom stereocenters. The quantitative estimate of drug-likeness (QED) is 0.406. The zero-order valence-corrected chi connectivity index (χ0v) is 20.3. The van der Waals surface area contributed by atoms with Gasteiger partial charge in [0.2, 0.25) is 15.9 Å². The summed E-state index contributed by atoms with van der Waals surface area (Å²) in [6.45, 7) is 1.17. The first-order valence-corrected chi connectivity index (χ1v) is 12.3. The van der Waals surface area contributed by atoms with E-state index in [0.717, 1.165) is 40.7 Å². The molecule has 3 aromatic rings. The zero-order chi connectivity index (χ0) is 26.5. The van der Waals surface area contributed by atoms with Crippen molar-refractivity contribution in [3.63, 3.8) is 0 Å². The number of sulfonamides is 1. The number of rotatable bonds is 9. The third-order valence-electron chi connectivity index (χ3n) is 5.36.